The normalized spacial score (nSPS) is 17.1. The van der Waals surface area contributed by atoms with Crippen molar-refractivity contribution in [2.45, 2.75) is 37.9 Å². The predicted octanol–water partition coefficient (Wildman–Crippen LogP) is 3.08. The first kappa shape index (κ1) is 15.4. The fraction of sp³-hybridized carbons (Fsp3) is 0.600. The summed E-state index contributed by atoms with van der Waals surface area (Å²) in [7, 11) is 1.61. The molecule has 112 valence electrons. The van der Waals surface area contributed by atoms with Crippen molar-refractivity contribution in [2.75, 3.05) is 25.6 Å². The lowest BCUT2D eigenvalue weighted by Gasteiger charge is -2.17. The Bertz CT molecular complexity index is 422. The van der Waals surface area contributed by atoms with Gasteiger partial charge in [0.15, 0.2) is 0 Å². The molecule has 1 aromatic rings. The average Bonchev–Trinajstić information content (AvgIpc) is 2.96. The smallest absolute Gasteiger partial charge is 0.142 e. The first-order valence-electron chi connectivity index (χ1n) is 7.06. The molecule has 0 spiro atoms. The van der Waals surface area contributed by atoms with Crippen molar-refractivity contribution in [1.82, 2.24) is 0 Å². The molecule has 1 unspecified atom stereocenters. The van der Waals surface area contributed by atoms with Gasteiger partial charge < -0.3 is 19.9 Å². The van der Waals surface area contributed by atoms with Gasteiger partial charge in [-0.05, 0) is 31.0 Å². The van der Waals surface area contributed by atoms with E-state index in [1.807, 2.05) is 0 Å². The average molecular weight is 300 g/mol. The molecular formula is C15H22ClNO3. The van der Waals surface area contributed by atoms with E-state index in [9.17, 15) is 5.11 Å². The Labute approximate surface area is 125 Å². The van der Waals surface area contributed by atoms with Crippen LogP contribution in [0.2, 0.25) is 5.02 Å². The van der Waals surface area contributed by atoms with Crippen molar-refractivity contribution in [2.24, 2.45) is 0 Å². The van der Waals surface area contributed by atoms with Crippen LogP contribution in [-0.4, -0.2) is 37.6 Å². The molecule has 2 N–H and O–H groups in total. The zero-order valence-electron chi connectivity index (χ0n) is 11.8. The molecule has 0 aliphatic heterocycles. The van der Waals surface area contributed by atoms with Gasteiger partial charge in [-0.2, -0.15) is 0 Å². The summed E-state index contributed by atoms with van der Waals surface area (Å²) in [5.74, 6) is 0.707. The number of ether oxygens (including phenoxy) is 2. The summed E-state index contributed by atoms with van der Waals surface area (Å²) in [4.78, 5) is 0. The number of rotatable bonds is 7. The van der Waals surface area contributed by atoms with Gasteiger partial charge in [-0.25, -0.2) is 0 Å². The molecule has 2 rings (SSSR count). The van der Waals surface area contributed by atoms with Crippen LogP contribution in [-0.2, 0) is 4.74 Å². The van der Waals surface area contributed by atoms with Crippen LogP contribution in [0.15, 0.2) is 18.2 Å². The molecule has 0 aromatic heterocycles. The van der Waals surface area contributed by atoms with Gasteiger partial charge in [0.2, 0.25) is 0 Å². The van der Waals surface area contributed by atoms with Crippen LogP contribution < -0.4 is 10.1 Å². The van der Waals surface area contributed by atoms with Crippen molar-refractivity contribution < 1.29 is 14.6 Å². The summed E-state index contributed by atoms with van der Waals surface area (Å²) in [5, 5.41) is 13.7. The molecule has 0 amide bonds. The minimum Gasteiger partial charge on any atom is -0.495 e. The number of methoxy groups -OCH3 is 1. The summed E-state index contributed by atoms with van der Waals surface area (Å²) in [5.41, 5.74) is 0.778. The molecule has 1 aliphatic rings. The van der Waals surface area contributed by atoms with E-state index in [2.05, 4.69) is 5.32 Å². The highest BCUT2D eigenvalue weighted by atomic mass is 35.5. The number of benzene rings is 1. The van der Waals surface area contributed by atoms with E-state index < -0.39 is 6.10 Å². The molecule has 5 heteroatoms. The van der Waals surface area contributed by atoms with E-state index in [1.165, 1.54) is 12.8 Å². The number of hydrogen-bond donors (Lipinski definition) is 2. The summed E-state index contributed by atoms with van der Waals surface area (Å²) in [6.07, 6.45) is 4.48. The Morgan fingerprint density at radius 2 is 2.15 bits per heavy atom. The SMILES string of the molecule is COc1ccc(Cl)cc1NCC(O)COC1CCCC1. The van der Waals surface area contributed by atoms with Crippen LogP contribution in [0, 0.1) is 0 Å². The fourth-order valence-corrected chi connectivity index (χ4v) is 2.58. The molecule has 1 saturated carbocycles. The van der Waals surface area contributed by atoms with Gasteiger partial charge in [0, 0.05) is 11.6 Å². The summed E-state index contributed by atoms with van der Waals surface area (Å²) in [6.45, 7) is 0.768. The van der Waals surface area contributed by atoms with Gasteiger partial charge in [0.25, 0.3) is 0 Å². The highest BCUT2D eigenvalue weighted by Crippen LogP contribution is 2.27. The Morgan fingerprint density at radius 1 is 1.40 bits per heavy atom. The predicted molar refractivity (Wildman–Crippen MR) is 80.7 cm³/mol. The van der Waals surface area contributed by atoms with Gasteiger partial charge in [-0.3, -0.25) is 0 Å². The number of halogens is 1. The summed E-state index contributed by atoms with van der Waals surface area (Å²) in [6, 6.07) is 5.35. The Morgan fingerprint density at radius 3 is 2.85 bits per heavy atom. The van der Waals surface area contributed by atoms with Gasteiger partial charge >= 0.3 is 0 Å². The van der Waals surface area contributed by atoms with Crippen molar-refractivity contribution in [1.29, 1.82) is 0 Å². The summed E-state index contributed by atoms with van der Waals surface area (Å²) >= 11 is 5.95. The Kier molecular flexibility index (Phi) is 5.95. The van der Waals surface area contributed by atoms with E-state index in [-0.39, 0.29) is 0 Å². The molecule has 1 atom stereocenters. The summed E-state index contributed by atoms with van der Waals surface area (Å²) < 4.78 is 10.9. The number of hydrogen-bond acceptors (Lipinski definition) is 4. The maximum absolute atomic E-state index is 9.94. The lowest BCUT2D eigenvalue weighted by atomic mass is 10.2. The van der Waals surface area contributed by atoms with Crippen molar-refractivity contribution in [3.05, 3.63) is 23.2 Å². The van der Waals surface area contributed by atoms with Crippen molar-refractivity contribution in [3.8, 4) is 5.75 Å². The number of nitrogens with one attached hydrogen (secondary N) is 1. The molecule has 20 heavy (non-hydrogen) atoms. The second-order valence-electron chi connectivity index (χ2n) is 5.12. The van der Waals surface area contributed by atoms with E-state index in [1.54, 1.807) is 25.3 Å². The first-order valence-corrected chi connectivity index (χ1v) is 7.44. The zero-order valence-corrected chi connectivity index (χ0v) is 12.5. The Balaban J connectivity index is 1.77. The van der Waals surface area contributed by atoms with Crippen LogP contribution in [0.5, 0.6) is 5.75 Å². The van der Waals surface area contributed by atoms with Crippen LogP contribution >= 0.6 is 11.6 Å². The van der Waals surface area contributed by atoms with Gasteiger partial charge in [-0.1, -0.05) is 24.4 Å². The van der Waals surface area contributed by atoms with Crippen molar-refractivity contribution >= 4 is 17.3 Å². The third kappa shape index (κ3) is 4.54. The highest BCUT2D eigenvalue weighted by Gasteiger charge is 2.17. The van der Waals surface area contributed by atoms with Crippen LogP contribution in [0.4, 0.5) is 5.69 Å². The molecular weight excluding hydrogens is 278 g/mol. The van der Waals surface area contributed by atoms with Crippen molar-refractivity contribution in [3.63, 3.8) is 0 Å². The fourth-order valence-electron chi connectivity index (χ4n) is 2.41. The standard InChI is InChI=1S/C15H22ClNO3/c1-19-15-7-6-11(16)8-14(15)17-9-12(18)10-20-13-4-2-3-5-13/h6-8,12-13,17-18H,2-5,9-10H2,1H3. The largest absolute Gasteiger partial charge is 0.495 e. The minimum atomic E-state index is -0.542. The van der Waals surface area contributed by atoms with E-state index in [0.717, 1.165) is 18.5 Å². The third-order valence-electron chi connectivity index (χ3n) is 3.52. The van der Waals surface area contributed by atoms with Crippen LogP contribution in [0.3, 0.4) is 0 Å². The lowest BCUT2D eigenvalue weighted by molar-refractivity contribution is -0.00118. The van der Waals surface area contributed by atoms with Crippen LogP contribution in [0.25, 0.3) is 0 Å². The molecule has 0 heterocycles. The molecule has 1 aromatic carbocycles. The quantitative estimate of drug-likeness (QED) is 0.812. The molecule has 1 aliphatic carbocycles. The van der Waals surface area contributed by atoms with E-state index in [4.69, 9.17) is 21.1 Å². The zero-order chi connectivity index (χ0) is 14.4. The Hall–Kier alpha value is -0.970. The number of anilines is 1. The number of aliphatic hydroxyl groups is 1. The monoisotopic (exact) mass is 299 g/mol. The maximum Gasteiger partial charge on any atom is 0.142 e. The minimum absolute atomic E-state index is 0.324. The first-order chi connectivity index (χ1) is 9.69. The topological polar surface area (TPSA) is 50.7 Å². The molecule has 0 bridgehead atoms. The third-order valence-corrected chi connectivity index (χ3v) is 3.75. The van der Waals surface area contributed by atoms with Gasteiger partial charge in [0.05, 0.1) is 31.6 Å². The second-order valence-corrected chi connectivity index (χ2v) is 5.56. The van der Waals surface area contributed by atoms with Gasteiger partial charge in [0.1, 0.15) is 5.75 Å². The molecule has 4 nitrogen and oxygen atoms in total. The molecule has 0 saturated heterocycles. The maximum atomic E-state index is 9.94. The second kappa shape index (κ2) is 7.72. The highest BCUT2D eigenvalue weighted by molar-refractivity contribution is 6.30. The number of aliphatic hydroxyl groups excluding tert-OH is 1. The molecule has 0 radical (unpaired) electrons. The van der Waals surface area contributed by atoms with E-state index >= 15 is 0 Å². The molecule has 1 fully saturated rings. The van der Waals surface area contributed by atoms with Gasteiger partial charge in [-0.15, -0.1) is 0 Å². The van der Waals surface area contributed by atoms with E-state index in [0.29, 0.717) is 30.0 Å². The lowest BCUT2D eigenvalue weighted by Crippen LogP contribution is -2.27. The van der Waals surface area contributed by atoms with Crippen LogP contribution in [0.1, 0.15) is 25.7 Å².